The molecule has 0 aromatic carbocycles. The van der Waals surface area contributed by atoms with Crippen LogP contribution in [0.25, 0.3) is 0 Å². The zero-order valence-electron chi connectivity index (χ0n) is 24.9. The molecule has 40 heavy (non-hydrogen) atoms. The predicted molar refractivity (Wildman–Crippen MR) is 146 cm³/mol. The van der Waals surface area contributed by atoms with Crippen LogP contribution >= 0.6 is 0 Å². The molecule has 0 bridgehead atoms. The van der Waals surface area contributed by atoms with Crippen molar-refractivity contribution in [1.82, 2.24) is 0 Å². The van der Waals surface area contributed by atoms with E-state index >= 15 is 0 Å². The van der Waals surface area contributed by atoms with Gasteiger partial charge < -0.3 is 9.29 Å². The van der Waals surface area contributed by atoms with Crippen LogP contribution in [0.2, 0.25) is 0 Å². The molecule has 0 spiro atoms. The Morgan fingerprint density at radius 2 is 1.57 bits per heavy atom. The zero-order valence-corrected chi connectivity index (χ0v) is 25.7. The van der Waals surface area contributed by atoms with Crippen LogP contribution in [0.5, 0.6) is 0 Å². The minimum absolute atomic E-state index is 0.00563. The van der Waals surface area contributed by atoms with E-state index in [4.69, 9.17) is 4.18 Å². The number of carbonyl (C=O) groups is 1. The second kappa shape index (κ2) is 8.53. The van der Waals surface area contributed by atoms with E-state index in [0.29, 0.717) is 19.3 Å². The van der Waals surface area contributed by atoms with Crippen LogP contribution in [0.3, 0.4) is 0 Å². The van der Waals surface area contributed by atoms with Crippen LogP contribution < -0.4 is 0 Å². The highest BCUT2D eigenvalue weighted by molar-refractivity contribution is 7.87. The van der Waals surface area contributed by atoms with E-state index < -0.39 is 32.4 Å². The van der Waals surface area contributed by atoms with E-state index in [9.17, 15) is 31.5 Å². The van der Waals surface area contributed by atoms with Gasteiger partial charge in [-0.25, -0.2) is 0 Å². The van der Waals surface area contributed by atoms with Crippen molar-refractivity contribution in [1.29, 1.82) is 0 Å². The molecule has 7 unspecified atom stereocenters. The molecule has 3 saturated carbocycles. The highest BCUT2D eigenvalue weighted by Gasteiger charge is 2.69. The minimum atomic E-state index is -5.75. The molecule has 5 rings (SSSR count). The summed E-state index contributed by atoms with van der Waals surface area (Å²) < 4.78 is 68.2. The Morgan fingerprint density at radius 1 is 0.950 bits per heavy atom. The topological polar surface area (TPSA) is 80.7 Å². The lowest BCUT2D eigenvalue weighted by molar-refractivity contribution is -0.180. The zero-order chi connectivity index (χ0) is 29.9. The van der Waals surface area contributed by atoms with Crippen LogP contribution in [0.15, 0.2) is 23.5 Å². The Kier molecular flexibility index (Phi) is 6.39. The van der Waals surface area contributed by atoms with Crippen molar-refractivity contribution in [3.05, 3.63) is 23.5 Å². The van der Waals surface area contributed by atoms with Gasteiger partial charge in [0.2, 0.25) is 0 Å². The number of rotatable bonds is 3. The number of carboxylic acids is 1. The van der Waals surface area contributed by atoms with Crippen molar-refractivity contribution in [2.45, 2.75) is 112 Å². The van der Waals surface area contributed by atoms with Gasteiger partial charge in [0.15, 0.2) is 0 Å². The van der Waals surface area contributed by atoms with Crippen molar-refractivity contribution >= 4 is 16.1 Å². The summed E-state index contributed by atoms with van der Waals surface area (Å²) in [5.41, 5.74) is -6.25. The molecular formula is C31H45F3O5S. The van der Waals surface area contributed by atoms with E-state index in [1.807, 2.05) is 13.8 Å². The number of carboxylic acid groups (broad SMARTS) is 1. The third kappa shape index (κ3) is 3.83. The first-order valence-electron chi connectivity index (χ1n) is 14.7. The molecule has 5 aliphatic rings. The Hall–Kier alpha value is -1.51. The monoisotopic (exact) mass is 586 g/mol. The fraction of sp³-hybridized carbons (Fsp3) is 0.839. The average Bonchev–Trinajstić information content (AvgIpc) is 2.80. The highest BCUT2D eigenvalue weighted by Crippen LogP contribution is 2.75. The normalized spacial score (nSPS) is 44.1. The molecule has 7 atom stereocenters. The third-order valence-corrected chi connectivity index (χ3v) is 14.0. The molecule has 5 aliphatic carbocycles. The van der Waals surface area contributed by atoms with Gasteiger partial charge in [0.05, 0.1) is 5.41 Å². The number of hydrogen-bond acceptors (Lipinski definition) is 4. The molecule has 0 aromatic heterocycles. The summed E-state index contributed by atoms with van der Waals surface area (Å²) in [4.78, 5) is 12.8. The van der Waals surface area contributed by atoms with E-state index in [-0.39, 0.29) is 45.2 Å². The quantitative estimate of drug-likeness (QED) is 0.205. The van der Waals surface area contributed by atoms with Gasteiger partial charge in [0, 0.05) is 5.41 Å². The molecule has 0 aromatic rings. The summed E-state index contributed by atoms with van der Waals surface area (Å²) in [6, 6.07) is 0. The van der Waals surface area contributed by atoms with E-state index in [1.54, 1.807) is 6.08 Å². The summed E-state index contributed by atoms with van der Waals surface area (Å²) in [6.07, 6.45) is 10.7. The Bertz CT molecular complexity index is 1280. The second-order valence-corrected chi connectivity index (χ2v) is 17.2. The van der Waals surface area contributed by atoms with Crippen molar-refractivity contribution in [3.63, 3.8) is 0 Å². The van der Waals surface area contributed by atoms with Gasteiger partial charge in [-0.1, -0.05) is 60.1 Å². The molecular weight excluding hydrogens is 541 g/mol. The van der Waals surface area contributed by atoms with Gasteiger partial charge in [0.1, 0.15) is 5.76 Å². The number of halogens is 3. The van der Waals surface area contributed by atoms with Gasteiger partial charge in [-0.15, -0.1) is 0 Å². The molecule has 1 N–H and O–H groups in total. The van der Waals surface area contributed by atoms with Gasteiger partial charge in [0.25, 0.3) is 0 Å². The summed E-state index contributed by atoms with van der Waals surface area (Å²) >= 11 is 0. The first-order valence-corrected chi connectivity index (χ1v) is 16.1. The Labute approximate surface area is 237 Å². The summed E-state index contributed by atoms with van der Waals surface area (Å²) in [5.74, 6) is -0.610. The number of hydrogen-bond donors (Lipinski definition) is 1. The van der Waals surface area contributed by atoms with Gasteiger partial charge >= 0.3 is 21.6 Å². The van der Waals surface area contributed by atoms with Crippen LogP contribution in [-0.2, 0) is 19.1 Å². The highest BCUT2D eigenvalue weighted by atomic mass is 32.2. The molecule has 0 saturated heterocycles. The Balaban J connectivity index is 1.55. The van der Waals surface area contributed by atoms with Crippen LogP contribution in [0.1, 0.15) is 106 Å². The molecule has 0 radical (unpaired) electrons. The summed E-state index contributed by atoms with van der Waals surface area (Å²) in [7, 11) is -5.75. The van der Waals surface area contributed by atoms with E-state index in [0.717, 1.165) is 38.5 Å². The van der Waals surface area contributed by atoms with Crippen molar-refractivity contribution < 1.29 is 35.7 Å². The molecule has 9 heteroatoms. The second-order valence-electron chi connectivity index (χ2n) is 15.7. The van der Waals surface area contributed by atoms with Gasteiger partial charge in [-0.05, 0) is 103 Å². The number of allylic oxidation sites excluding steroid dienone is 4. The van der Waals surface area contributed by atoms with Gasteiger partial charge in [-0.3, -0.25) is 4.79 Å². The maximum Gasteiger partial charge on any atom is 0.534 e. The summed E-state index contributed by atoms with van der Waals surface area (Å²) in [6.45, 7) is 15.1. The lowest BCUT2D eigenvalue weighted by atomic mass is 9.34. The molecule has 3 fully saturated rings. The number of fused-ring (bicyclic) bond motifs is 7. The first kappa shape index (κ1) is 30.0. The number of alkyl halides is 3. The van der Waals surface area contributed by atoms with Crippen molar-refractivity contribution in [2.75, 3.05) is 0 Å². The number of aliphatic carboxylic acids is 1. The molecule has 5 nitrogen and oxygen atoms in total. The third-order valence-electron chi connectivity index (χ3n) is 13.0. The lowest BCUT2D eigenvalue weighted by Crippen LogP contribution is -2.63. The maximum absolute atomic E-state index is 13.2. The molecule has 0 aliphatic heterocycles. The largest absolute Gasteiger partial charge is 0.534 e. The first-order chi connectivity index (χ1) is 18.1. The molecule has 0 heterocycles. The standard InChI is InChI=1S/C31H45F3O5S/c1-25(2)14-16-30(24(35)36)17-15-28(6)19(20(30)18-25)8-9-22-27(5)12-11-23(39-40(37,38)31(32,33)34)26(3,4)21(27)10-13-29(22,28)7/h8,11,20-22H,9-10,12-18H2,1-7H3,(H,35,36). The van der Waals surface area contributed by atoms with E-state index in [1.165, 1.54) is 5.57 Å². The molecule has 0 amide bonds. The SMILES string of the molecule is CC1(C)CCC2(C(=O)O)CCC3(C)C(=CCC4C5(C)CC=C(OS(=O)(=O)C(F)(F)F)C(C)(C)C5CCC43C)C2C1. The fourth-order valence-electron chi connectivity index (χ4n) is 10.5. The van der Waals surface area contributed by atoms with Crippen molar-refractivity contribution in [3.8, 4) is 0 Å². The van der Waals surface area contributed by atoms with Crippen LogP contribution in [0.4, 0.5) is 13.2 Å². The van der Waals surface area contributed by atoms with Gasteiger partial charge in [-0.2, -0.15) is 21.6 Å². The summed E-state index contributed by atoms with van der Waals surface area (Å²) in [5, 5.41) is 10.5. The minimum Gasteiger partial charge on any atom is -0.481 e. The van der Waals surface area contributed by atoms with Crippen LogP contribution in [0, 0.1) is 50.2 Å². The molecule has 226 valence electrons. The maximum atomic E-state index is 13.2. The van der Waals surface area contributed by atoms with Crippen LogP contribution in [-0.4, -0.2) is 25.0 Å². The predicted octanol–water partition coefficient (Wildman–Crippen LogP) is 8.23. The fourth-order valence-corrected chi connectivity index (χ4v) is 11.1. The lowest BCUT2D eigenvalue weighted by Gasteiger charge is -2.70. The smallest absolute Gasteiger partial charge is 0.481 e. The Morgan fingerprint density at radius 3 is 2.17 bits per heavy atom. The van der Waals surface area contributed by atoms with Crippen molar-refractivity contribution in [2.24, 2.45) is 50.2 Å². The van der Waals surface area contributed by atoms with E-state index in [2.05, 4.69) is 40.7 Å². The average molecular weight is 587 g/mol.